The monoisotopic (exact) mass is 378 g/mol. The summed E-state index contributed by atoms with van der Waals surface area (Å²) in [4.78, 5) is 11.3. The second-order valence-electron chi connectivity index (χ2n) is 5.49. The highest BCUT2D eigenvalue weighted by Crippen LogP contribution is 2.42. The Labute approximate surface area is 131 Å². The highest BCUT2D eigenvalue weighted by molar-refractivity contribution is 9.10. The summed E-state index contributed by atoms with van der Waals surface area (Å²) in [6.45, 7) is 0. The third kappa shape index (κ3) is 2.99. The first-order valence-electron chi connectivity index (χ1n) is 6.61. The van der Waals surface area contributed by atoms with Crippen molar-refractivity contribution in [3.8, 4) is 0 Å². The van der Waals surface area contributed by atoms with Crippen molar-refractivity contribution in [1.82, 2.24) is 0 Å². The number of hydrogen-bond donors (Lipinski definition) is 1. The Balaban J connectivity index is 2.62. The van der Waals surface area contributed by atoms with Gasteiger partial charge in [0.1, 0.15) is 10.7 Å². The number of carboxylic acids is 1. The van der Waals surface area contributed by atoms with E-state index < -0.39 is 31.9 Å². The number of rotatable bonds is 3. The van der Waals surface area contributed by atoms with E-state index in [1.807, 2.05) is 0 Å². The van der Waals surface area contributed by atoms with Crippen LogP contribution in [0.3, 0.4) is 0 Å². The van der Waals surface area contributed by atoms with Crippen LogP contribution in [-0.4, -0.2) is 25.7 Å². The molecule has 116 valence electrons. The van der Waals surface area contributed by atoms with Gasteiger partial charge in [-0.2, -0.15) is 0 Å². The molecule has 0 amide bonds. The Morgan fingerprint density at radius 2 is 1.86 bits per heavy atom. The van der Waals surface area contributed by atoms with Gasteiger partial charge in [0.05, 0.1) is 5.41 Å². The van der Waals surface area contributed by atoms with Crippen LogP contribution in [-0.2, 0) is 20.0 Å². The zero-order valence-electron chi connectivity index (χ0n) is 11.5. The topological polar surface area (TPSA) is 71.4 Å². The standard InChI is InChI=1S/C14H16BrFO4S/c1-21(19,20)12-10(15)7-9(8-11(12)16)14(13(17)18)5-3-2-4-6-14/h7-8H,2-6H2,1H3,(H,17,18). The SMILES string of the molecule is CS(=O)(=O)c1c(F)cc(C2(C(=O)O)CCCCC2)cc1Br. The van der Waals surface area contributed by atoms with E-state index in [9.17, 15) is 22.7 Å². The van der Waals surface area contributed by atoms with Crippen LogP contribution in [0.1, 0.15) is 37.7 Å². The van der Waals surface area contributed by atoms with E-state index in [4.69, 9.17) is 0 Å². The third-order valence-electron chi connectivity index (χ3n) is 4.04. The molecule has 1 fully saturated rings. The van der Waals surface area contributed by atoms with Gasteiger partial charge in [-0.3, -0.25) is 4.79 Å². The first-order chi connectivity index (χ1) is 9.68. The molecule has 0 atom stereocenters. The van der Waals surface area contributed by atoms with Gasteiger partial charge in [-0.15, -0.1) is 0 Å². The van der Waals surface area contributed by atoms with Crippen LogP contribution in [0.2, 0.25) is 0 Å². The second kappa shape index (κ2) is 5.68. The molecule has 1 aromatic rings. The highest BCUT2D eigenvalue weighted by Gasteiger charge is 2.42. The van der Waals surface area contributed by atoms with Gasteiger partial charge >= 0.3 is 5.97 Å². The second-order valence-corrected chi connectivity index (χ2v) is 8.30. The lowest BCUT2D eigenvalue weighted by Gasteiger charge is -2.34. The van der Waals surface area contributed by atoms with E-state index in [1.165, 1.54) is 6.07 Å². The molecule has 4 nitrogen and oxygen atoms in total. The van der Waals surface area contributed by atoms with E-state index in [0.717, 1.165) is 31.6 Å². The highest BCUT2D eigenvalue weighted by atomic mass is 79.9. The van der Waals surface area contributed by atoms with Crippen molar-refractivity contribution >= 4 is 31.7 Å². The van der Waals surface area contributed by atoms with Gasteiger partial charge in [0.2, 0.25) is 0 Å². The number of benzene rings is 1. The largest absolute Gasteiger partial charge is 0.481 e. The lowest BCUT2D eigenvalue weighted by atomic mass is 9.69. The maximum absolute atomic E-state index is 14.2. The molecule has 0 aliphatic heterocycles. The predicted molar refractivity (Wildman–Crippen MR) is 79.6 cm³/mol. The van der Waals surface area contributed by atoms with Gasteiger partial charge in [0.15, 0.2) is 9.84 Å². The Morgan fingerprint density at radius 3 is 2.29 bits per heavy atom. The fraction of sp³-hybridized carbons (Fsp3) is 0.500. The van der Waals surface area contributed by atoms with Gasteiger partial charge < -0.3 is 5.11 Å². The number of halogens is 2. The van der Waals surface area contributed by atoms with Crippen molar-refractivity contribution in [1.29, 1.82) is 0 Å². The molecule has 0 bridgehead atoms. The normalized spacial score (nSPS) is 18.4. The molecule has 0 unspecified atom stereocenters. The predicted octanol–water partition coefficient (Wildman–Crippen LogP) is 3.28. The van der Waals surface area contributed by atoms with E-state index in [2.05, 4.69) is 15.9 Å². The van der Waals surface area contributed by atoms with E-state index in [0.29, 0.717) is 18.4 Å². The van der Waals surface area contributed by atoms with E-state index in [-0.39, 0.29) is 4.47 Å². The van der Waals surface area contributed by atoms with Crippen LogP contribution in [0.4, 0.5) is 4.39 Å². The molecule has 0 heterocycles. The molecule has 7 heteroatoms. The number of carboxylic acid groups (broad SMARTS) is 1. The zero-order chi connectivity index (χ0) is 15.8. The Bertz CT molecular complexity index is 655. The first-order valence-corrected chi connectivity index (χ1v) is 9.30. The molecule has 0 radical (unpaired) electrons. The lowest BCUT2D eigenvalue weighted by molar-refractivity contribution is -0.145. The molecule has 0 saturated heterocycles. The molecule has 0 spiro atoms. The summed E-state index contributed by atoms with van der Waals surface area (Å²) >= 11 is 3.06. The van der Waals surface area contributed by atoms with Crippen LogP contribution in [0.25, 0.3) is 0 Å². The van der Waals surface area contributed by atoms with Gasteiger partial charge in [-0.1, -0.05) is 19.3 Å². The molecule has 2 rings (SSSR count). The van der Waals surface area contributed by atoms with Gasteiger partial charge in [0, 0.05) is 10.7 Å². The van der Waals surface area contributed by atoms with E-state index in [1.54, 1.807) is 0 Å². The number of carbonyl (C=O) groups is 1. The minimum atomic E-state index is -3.72. The third-order valence-corrected chi connectivity index (χ3v) is 6.08. The van der Waals surface area contributed by atoms with Crippen LogP contribution < -0.4 is 0 Å². The Kier molecular flexibility index (Phi) is 4.44. The molecule has 1 saturated carbocycles. The van der Waals surface area contributed by atoms with Crippen molar-refractivity contribution in [3.63, 3.8) is 0 Å². The van der Waals surface area contributed by atoms with Crippen LogP contribution in [0.5, 0.6) is 0 Å². The average molecular weight is 379 g/mol. The number of sulfone groups is 1. The quantitative estimate of drug-likeness (QED) is 0.875. The fourth-order valence-corrected chi connectivity index (χ4v) is 5.12. The first kappa shape index (κ1) is 16.4. The summed E-state index contributed by atoms with van der Waals surface area (Å²) in [5.41, 5.74) is -0.802. The minimum absolute atomic E-state index is 0.0752. The number of hydrogen-bond acceptors (Lipinski definition) is 3. The van der Waals surface area contributed by atoms with Gasteiger partial charge in [-0.25, -0.2) is 12.8 Å². The molecular formula is C14H16BrFO4S. The van der Waals surface area contributed by atoms with Crippen LogP contribution in [0.15, 0.2) is 21.5 Å². The average Bonchev–Trinajstić information content (AvgIpc) is 2.36. The molecule has 1 aromatic carbocycles. The molecule has 21 heavy (non-hydrogen) atoms. The van der Waals surface area contributed by atoms with Gasteiger partial charge in [-0.05, 0) is 46.5 Å². The summed E-state index contributed by atoms with van der Waals surface area (Å²) in [7, 11) is -3.72. The fourth-order valence-electron chi connectivity index (χ4n) is 2.97. The van der Waals surface area contributed by atoms with Crippen LogP contribution >= 0.6 is 15.9 Å². The van der Waals surface area contributed by atoms with Crippen molar-refractivity contribution in [2.75, 3.05) is 6.26 Å². The van der Waals surface area contributed by atoms with Gasteiger partial charge in [0.25, 0.3) is 0 Å². The maximum Gasteiger partial charge on any atom is 0.314 e. The summed E-state index contributed by atoms with van der Waals surface area (Å²) in [6, 6.07) is 2.49. The Morgan fingerprint density at radius 1 is 1.29 bits per heavy atom. The summed E-state index contributed by atoms with van der Waals surface area (Å²) in [5.74, 6) is -1.89. The molecule has 1 aliphatic carbocycles. The van der Waals surface area contributed by atoms with Crippen molar-refractivity contribution in [2.24, 2.45) is 0 Å². The number of aliphatic carboxylic acids is 1. The van der Waals surface area contributed by atoms with Crippen molar-refractivity contribution < 1.29 is 22.7 Å². The molecular weight excluding hydrogens is 363 g/mol. The maximum atomic E-state index is 14.2. The summed E-state index contributed by atoms with van der Waals surface area (Å²) in [5, 5.41) is 9.60. The smallest absolute Gasteiger partial charge is 0.314 e. The van der Waals surface area contributed by atoms with E-state index >= 15 is 0 Å². The molecule has 1 aliphatic rings. The Hall–Kier alpha value is -0.950. The van der Waals surface area contributed by atoms with Crippen molar-refractivity contribution in [3.05, 3.63) is 28.0 Å². The minimum Gasteiger partial charge on any atom is -0.481 e. The van der Waals surface area contributed by atoms with Crippen LogP contribution in [0, 0.1) is 5.82 Å². The summed E-state index contributed by atoms with van der Waals surface area (Å²) in [6.07, 6.45) is 4.28. The summed E-state index contributed by atoms with van der Waals surface area (Å²) < 4.78 is 37.4. The van der Waals surface area contributed by atoms with Crippen molar-refractivity contribution in [2.45, 2.75) is 42.4 Å². The lowest BCUT2D eigenvalue weighted by Crippen LogP contribution is -2.38. The zero-order valence-corrected chi connectivity index (χ0v) is 13.9. The molecule has 1 N–H and O–H groups in total. The molecule has 0 aromatic heterocycles.